The summed E-state index contributed by atoms with van der Waals surface area (Å²) in [6, 6.07) is 17.9. The van der Waals surface area contributed by atoms with Gasteiger partial charge in [-0.05, 0) is 37.0 Å². The molecule has 0 fully saturated rings. The zero-order valence-corrected chi connectivity index (χ0v) is 13.0. The molecule has 1 amide bonds. The van der Waals surface area contributed by atoms with Gasteiger partial charge in [-0.25, -0.2) is 4.79 Å². The van der Waals surface area contributed by atoms with E-state index in [4.69, 9.17) is 5.11 Å². The standard InChI is InChI=1S/C19H20N2O2/c1-13-17(16-9-5-6-10-18(16)20-13)12-15(21-19(22)23)11-14-7-3-2-4-8-14/h2-10,15,20-21H,11-12H2,1H3,(H,22,23). The number of para-hydroxylation sites is 1. The number of fused-ring (bicyclic) bond motifs is 1. The Hall–Kier alpha value is -2.75. The van der Waals surface area contributed by atoms with Crippen molar-refractivity contribution in [1.29, 1.82) is 0 Å². The fourth-order valence-electron chi connectivity index (χ4n) is 3.09. The molecule has 2 aromatic carbocycles. The molecular weight excluding hydrogens is 288 g/mol. The van der Waals surface area contributed by atoms with Crippen LogP contribution in [0.15, 0.2) is 54.6 Å². The summed E-state index contributed by atoms with van der Waals surface area (Å²) in [4.78, 5) is 14.5. The van der Waals surface area contributed by atoms with Crippen LogP contribution in [0.25, 0.3) is 10.9 Å². The summed E-state index contributed by atoms with van der Waals surface area (Å²) >= 11 is 0. The van der Waals surface area contributed by atoms with Crippen molar-refractivity contribution in [2.24, 2.45) is 0 Å². The molecule has 1 aromatic heterocycles. The molecule has 0 spiro atoms. The van der Waals surface area contributed by atoms with Gasteiger partial charge in [-0.2, -0.15) is 0 Å². The lowest BCUT2D eigenvalue weighted by atomic mass is 9.97. The molecule has 0 bridgehead atoms. The molecule has 3 aromatic rings. The molecule has 1 atom stereocenters. The van der Waals surface area contributed by atoms with Gasteiger partial charge in [-0.3, -0.25) is 0 Å². The van der Waals surface area contributed by atoms with Crippen LogP contribution >= 0.6 is 0 Å². The number of carbonyl (C=O) groups is 1. The fourth-order valence-corrected chi connectivity index (χ4v) is 3.09. The van der Waals surface area contributed by atoms with Crippen molar-refractivity contribution < 1.29 is 9.90 Å². The van der Waals surface area contributed by atoms with E-state index < -0.39 is 6.09 Å². The SMILES string of the molecule is Cc1[nH]c2ccccc2c1CC(Cc1ccccc1)NC(=O)O. The first-order chi connectivity index (χ1) is 11.1. The Morgan fingerprint density at radius 1 is 1.09 bits per heavy atom. The first kappa shape index (κ1) is 15.2. The van der Waals surface area contributed by atoms with Crippen molar-refractivity contribution >= 4 is 17.0 Å². The molecule has 3 N–H and O–H groups in total. The predicted molar refractivity (Wildman–Crippen MR) is 91.8 cm³/mol. The van der Waals surface area contributed by atoms with E-state index >= 15 is 0 Å². The molecule has 118 valence electrons. The van der Waals surface area contributed by atoms with E-state index in [2.05, 4.69) is 16.4 Å². The third-order valence-corrected chi connectivity index (χ3v) is 4.13. The van der Waals surface area contributed by atoms with Gasteiger partial charge in [0, 0.05) is 22.6 Å². The van der Waals surface area contributed by atoms with Crippen LogP contribution < -0.4 is 5.32 Å². The molecule has 0 radical (unpaired) electrons. The van der Waals surface area contributed by atoms with Gasteiger partial charge in [0.15, 0.2) is 0 Å². The number of aromatic amines is 1. The van der Waals surface area contributed by atoms with Gasteiger partial charge in [-0.1, -0.05) is 48.5 Å². The summed E-state index contributed by atoms with van der Waals surface area (Å²) in [6.07, 6.45) is 0.353. The topological polar surface area (TPSA) is 65.1 Å². The molecule has 0 aliphatic rings. The van der Waals surface area contributed by atoms with Crippen LogP contribution in [-0.2, 0) is 12.8 Å². The van der Waals surface area contributed by atoms with E-state index in [-0.39, 0.29) is 6.04 Å². The average Bonchev–Trinajstić information content (AvgIpc) is 2.84. The molecule has 3 rings (SSSR count). The van der Waals surface area contributed by atoms with Crippen LogP contribution in [0, 0.1) is 6.92 Å². The van der Waals surface area contributed by atoms with E-state index in [1.807, 2.05) is 55.5 Å². The van der Waals surface area contributed by atoms with E-state index in [0.29, 0.717) is 12.8 Å². The smallest absolute Gasteiger partial charge is 0.404 e. The van der Waals surface area contributed by atoms with Crippen LogP contribution in [0.5, 0.6) is 0 Å². The van der Waals surface area contributed by atoms with E-state index in [1.54, 1.807) is 0 Å². The van der Waals surface area contributed by atoms with Gasteiger partial charge < -0.3 is 15.4 Å². The molecule has 0 saturated carbocycles. The van der Waals surface area contributed by atoms with Gasteiger partial charge in [0.2, 0.25) is 0 Å². The Bertz CT molecular complexity index is 809. The van der Waals surface area contributed by atoms with Gasteiger partial charge in [0.25, 0.3) is 0 Å². The molecular formula is C19H20N2O2. The minimum atomic E-state index is -0.983. The van der Waals surface area contributed by atoms with Crippen molar-refractivity contribution in [3.05, 3.63) is 71.4 Å². The first-order valence-electron chi connectivity index (χ1n) is 7.73. The van der Waals surface area contributed by atoms with Crippen molar-refractivity contribution in [1.82, 2.24) is 10.3 Å². The number of hydrogen-bond donors (Lipinski definition) is 3. The van der Waals surface area contributed by atoms with Crippen molar-refractivity contribution in [3.63, 3.8) is 0 Å². The molecule has 0 aliphatic heterocycles. The van der Waals surface area contributed by atoms with E-state index in [0.717, 1.165) is 22.2 Å². The van der Waals surface area contributed by atoms with Crippen LogP contribution in [0.1, 0.15) is 16.8 Å². The minimum absolute atomic E-state index is 0.159. The largest absolute Gasteiger partial charge is 0.465 e. The molecule has 1 heterocycles. The summed E-state index contributed by atoms with van der Waals surface area (Å²) in [5, 5.41) is 13.0. The third kappa shape index (κ3) is 3.54. The summed E-state index contributed by atoms with van der Waals surface area (Å²) in [6.45, 7) is 2.04. The average molecular weight is 308 g/mol. The summed E-state index contributed by atoms with van der Waals surface area (Å²) < 4.78 is 0. The highest BCUT2D eigenvalue weighted by atomic mass is 16.4. The lowest BCUT2D eigenvalue weighted by Gasteiger charge is -2.17. The van der Waals surface area contributed by atoms with Gasteiger partial charge >= 0.3 is 6.09 Å². The maximum atomic E-state index is 11.2. The molecule has 4 heteroatoms. The lowest BCUT2D eigenvalue weighted by Crippen LogP contribution is -2.37. The zero-order valence-electron chi connectivity index (χ0n) is 13.0. The van der Waals surface area contributed by atoms with Crippen LogP contribution in [-0.4, -0.2) is 22.2 Å². The zero-order chi connectivity index (χ0) is 16.2. The van der Waals surface area contributed by atoms with Crippen molar-refractivity contribution in [2.45, 2.75) is 25.8 Å². The molecule has 0 saturated heterocycles. The second-order valence-electron chi connectivity index (χ2n) is 5.81. The molecule has 0 aliphatic carbocycles. The number of carboxylic acid groups (broad SMARTS) is 1. The second-order valence-corrected chi connectivity index (χ2v) is 5.81. The predicted octanol–water partition coefficient (Wildman–Crippen LogP) is 3.90. The molecule has 4 nitrogen and oxygen atoms in total. The number of hydrogen-bond acceptors (Lipinski definition) is 1. The molecule has 23 heavy (non-hydrogen) atoms. The monoisotopic (exact) mass is 308 g/mol. The highest BCUT2D eigenvalue weighted by Gasteiger charge is 2.17. The van der Waals surface area contributed by atoms with Crippen LogP contribution in [0.3, 0.4) is 0 Å². The van der Waals surface area contributed by atoms with E-state index in [1.165, 1.54) is 5.56 Å². The number of aromatic nitrogens is 1. The maximum absolute atomic E-state index is 11.2. The Morgan fingerprint density at radius 3 is 2.52 bits per heavy atom. The lowest BCUT2D eigenvalue weighted by molar-refractivity contribution is 0.189. The Kier molecular flexibility index (Phi) is 4.33. The highest BCUT2D eigenvalue weighted by Crippen LogP contribution is 2.24. The van der Waals surface area contributed by atoms with E-state index in [9.17, 15) is 4.79 Å². The number of H-pyrrole nitrogens is 1. The summed E-state index contributed by atoms with van der Waals surface area (Å²) in [7, 11) is 0. The van der Waals surface area contributed by atoms with Crippen molar-refractivity contribution in [3.8, 4) is 0 Å². The van der Waals surface area contributed by atoms with Crippen molar-refractivity contribution in [2.75, 3.05) is 0 Å². The normalized spacial score (nSPS) is 12.2. The fraction of sp³-hybridized carbons (Fsp3) is 0.211. The number of aryl methyl sites for hydroxylation is 1. The second kappa shape index (κ2) is 6.57. The number of benzene rings is 2. The Labute approximate surface area is 135 Å². The molecule has 1 unspecified atom stereocenters. The quantitative estimate of drug-likeness (QED) is 0.669. The van der Waals surface area contributed by atoms with Gasteiger partial charge in [-0.15, -0.1) is 0 Å². The summed E-state index contributed by atoms with van der Waals surface area (Å²) in [5.41, 5.74) is 4.49. The number of nitrogens with one attached hydrogen (secondary N) is 2. The Balaban J connectivity index is 1.88. The third-order valence-electron chi connectivity index (χ3n) is 4.13. The maximum Gasteiger partial charge on any atom is 0.404 e. The highest BCUT2D eigenvalue weighted by molar-refractivity contribution is 5.84. The van der Waals surface area contributed by atoms with Gasteiger partial charge in [0.05, 0.1) is 0 Å². The number of rotatable bonds is 5. The number of amides is 1. The summed E-state index contributed by atoms with van der Waals surface area (Å²) in [5.74, 6) is 0. The van der Waals surface area contributed by atoms with Crippen LogP contribution in [0.2, 0.25) is 0 Å². The van der Waals surface area contributed by atoms with Crippen LogP contribution in [0.4, 0.5) is 4.79 Å². The first-order valence-corrected chi connectivity index (χ1v) is 7.73. The minimum Gasteiger partial charge on any atom is -0.465 e. The Morgan fingerprint density at radius 2 is 1.78 bits per heavy atom. The van der Waals surface area contributed by atoms with Gasteiger partial charge in [0.1, 0.15) is 0 Å².